The van der Waals surface area contributed by atoms with Gasteiger partial charge in [-0.15, -0.1) is 0 Å². The van der Waals surface area contributed by atoms with Crippen molar-refractivity contribution in [2.24, 2.45) is 5.92 Å². The molecule has 6 heteroatoms. The van der Waals surface area contributed by atoms with Crippen LogP contribution in [0.15, 0.2) is 24.3 Å². The molecule has 0 aromatic heterocycles. The first kappa shape index (κ1) is 18.1. The molecule has 0 unspecified atom stereocenters. The normalized spacial score (nSPS) is 14.7. The third kappa shape index (κ3) is 4.88. The summed E-state index contributed by atoms with van der Waals surface area (Å²) in [5, 5.41) is 0. The topological polar surface area (TPSA) is 59.1 Å². The van der Waals surface area contributed by atoms with Gasteiger partial charge in [0.15, 0.2) is 0 Å². The summed E-state index contributed by atoms with van der Waals surface area (Å²) >= 11 is 0. The first-order valence-electron chi connectivity index (χ1n) is 8.45. The van der Waals surface area contributed by atoms with Crippen molar-refractivity contribution in [2.75, 3.05) is 44.3 Å². The van der Waals surface area contributed by atoms with Gasteiger partial charge in [0, 0.05) is 31.9 Å². The molecule has 0 atom stereocenters. The number of hydrogen-bond donors (Lipinski definition) is 0. The van der Waals surface area contributed by atoms with Gasteiger partial charge in [-0.3, -0.25) is 0 Å². The number of anilines is 1. The van der Waals surface area contributed by atoms with E-state index in [-0.39, 0.29) is 12.1 Å². The molecule has 1 aromatic carbocycles. The van der Waals surface area contributed by atoms with E-state index < -0.39 is 0 Å². The molecule has 1 amide bonds. The van der Waals surface area contributed by atoms with Crippen molar-refractivity contribution in [3.05, 3.63) is 29.8 Å². The van der Waals surface area contributed by atoms with Crippen molar-refractivity contribution in [3.8, 4) is 0 Å². The lowest BCUT2D eigenvalue weighted by Crippen LogP contribution is -2.49. The minimum Gasteiger partial charge on any atom is -0.462 e. The smallest absolute Gasteiger partial charge is 0.409 e. The highest BCUT2D eigenvalue weighted by atomic mass is 16.6. The number of hydrogen-bond acceptors (Lipinski definition) is 5. The Morgan fingerprint density at radius 1 is 1.04 bits per heavy atom. The highest BCUT2D eigenvalue weighted by Crippen LogP contribution is 2.18. The van der Waals surface area contributed by atoms with Gasteiger partial charge in [-0.05, 0) is 37.1 Å². The summed E-state index contributed by atoms with van der Waals surface area (Å²) < 4.78 is 10.2. The van der Waals surface area contributed by atoms with Crippen LogP contribution in [0.4, 0.5) is 10.5 Å². The van der Waals surface area contributed by atoms with E-state index in [4.69, 9.17) is 9.47 Å². The van der Waals surface area contributed by atoms with Crippen LogP contribution in [0.2, 0.25) is 0 Å². The van der Waals surface area contributed by atoms with Gasteiger partial charge in [-0.1, -0.05) is 13.8 Å². The van der Waals surface area contributed by atoms with Crippen molar-refractivity contribution in [3.63, 3.8) is 0 Å². The first-order valence-corrected chi connectivity index (χ1v) is 8.45. The van der Waals surface area contributed by atoms with Crippen molar-refractivity contribution < 1.29 is 19.1 Å². The monoisotopic (exact) mass is 334 g/mol. The molecular weight excluding hydrogens is 308 g/mol. The Bertz CT molecular complexity index is 549. The number of amides is 1. The molecule has 1 aliphatic heterocycles. The average molecular weight is 334 g/mol. The molecule has 1 heterocycles. The Balaban J connectivity index is 1.85. The fourth-order valence-corrected chi connectivity index (χ4v) is 2.50. The van der Waals surface area contributed by atoms with E-state index in [0.717, 1.165) is 18.8 Å². The molecule has 1 aromatic rings. The SMILES string of the molecule is CCOC(=O)c1ccc(N2CCN(C(=O)OCC(C)C)CC2)cc1. The zero-order chi connectivity index (χ0) is 17.5. The van der Waals surface area contributed by atoms with Crippen LogP contribution in [0.3, 0.4) is 0 Å². The number of nitrogens with zero attached hydrogens (tertiary/aromatic N) is 2. The minimum absolute atomic E-state index is 0.235. The summed E-state index contributed by atoms with van der Waals surface area (Å²) in [4.78, 5) is 27.6. The van der Waals surface area contributed by atoms with Crippen LogP contribution in [0.25, 0.3) is 0 Å². The van der Waals surface area contributed by atoms with Crippen LogP contribution in [0, 0.1) is 5.92 Å². The van der Waals surface area contributed by atoms with Gasteiger partial charge in [0.1, 0.15) is 0 Å². The second-order valence-electron chi connectivity index (χ2n) is 6.21. The van der Waals surface area contributed by atoms with Gasteiger partial charge in [0.25, 0.3) is 0 Å². The molecule has 1 saturated heterocycles. The summed E-state index contributed by atoms with van der Waals surface area (Å²) in [5.74, 6) is 0.0370. The predicted octanol–water partition coefficient (Wildman–Crippen LogP) is 2.78. The number of carbonyl (C=O) groups excluding carboxylic acids is 2. The number of benzene rings is 1. The molecule has 6 nitrogen and oxygen atoms in total. The van der Waals surface area contributed by atoms with E-state index in [1.165, 1.54) is 0 Å². The molecule has 0 spiro atoms. The molecule has 2 rings (SSSR count). The van der Waals surface area contributed by atoms with Crippen molar-refractivity contribution >= 4 is 17.7 Å². The maximum absolute atomic E-state index is 12.0. The fraction of sp³-hybridized carbons (Fsp3) is 0.556. The van der Waals surface area contributed by atoms with Gasteiger partial charge < -0.3 is 19.3 Å². The van der Waals surface area contributed by atoms with E-state index in [9.17, 15) is 9.59 Å². The number of esters is 1. The highest BCUT2D eigenvalue weighted by Gasteiger charge is 2.22. The van der Waals surface area contributed by atoms with Gasteiger partial charge in [0.05, 0.1) is 18.8 Å². The third-order valence-corrected chi connectivity index (χ3v) is 3.82. The summed E-state index contributed by atoms with van der Waals surface area (Å²) in [5.41, 5.74) is 1.59. The highest BCUT2D eigenvalue weighted by molar-refractivity contribution is 5.89. The third-order valence-electron chi connectivity index (χ3n) is 3.82. The Kier molecular flexibility index (Phi) is 6.46. The van der Waals surface area contributed by atoms with E-state index >= 15 is 0 Å². The molecule has 1 fully saturated rings. The number of ether oxygens (including phenoxy) is 2. The number of rotatable bonds is 5. The number of piperazine rings is 1. The van der Waals surface area contributed by atoms with Crippen molar-refractivity contribution in [1.82, 2.24) is 4.90 Å². The lowest BCUT2D eigenvalue weighted by Gasteiger charge is -2.35. The van der Waals surface area contributed by atoms with Crippen LogP contribution >= 0.6 is 0 Å². The Labute approximate surface area is 143 Å². The number of carbonyl (C=O) groups is 2. The molecule has 0 aliphatic carbocycles. The summed E-state index contributed by atoms with van der Waals surface area (Å²) in [6, 6.07) is 7.38. The van der Waals surface area contributed by atoms with Gasteiger partial charge in [-0.2, -0.15) is 0 Å². The maximum Gasteiger partial charge on any atom is 0.409 e. The van der Waals surface area contributed by atoms with E-state index in [1.807, 2.05) is 26.0 Å². The van der Waals surface area contributed by atoms with Crippen LogP contribution in [0.1, 0.15) is 31.1 Å². The standard InChI is InChI=1S/C18H26N2O4/c1-4-23-17(21)15-5-7-16(8-6-15)19-9-11-20(12-10-19)18(22)24-13-14(2)3/h5-8,14H,4,9-13H2,1-3H3. The zero-order valence-corrected chi connectivity index (χ0v) is 14.7. The first-order chi connectivity index (χ1) is 11.5. The van der Waals surface area contributed by atoms with Crippen molar-refractivity contribution in [2.45, 2.75) is 20.8 Å². The quantitative estimate of drug-likeness (QED) is 0.775. The van der Waals surface area contributed by atoms with Gasteiger partial charge >= 0.3 is 12.1 Å². The van der Waals surface area contributed by atoms with Gasteiger partial charge in [0.2, 0.25) is 0 Å². The molecule has 0 saturated carbocycles. The second kappa shape index (κ2) is 8.57. The molecule has 0 N–H and O–H groups in total. The van der Waals surface area contributed by atoms with Crippen LogP contribution in [-0.4, -0.2) is 56.4 Å². The largest absolute Gasteiger partial charge is 0.462 e. The van der Waals surface area contributed by atoms with Gasteiger partial charge in [-0.25, -0.2) is 9.59 Å². The second-order valence-corrected chi connectivity index (χ2v) is 6.21. The molecule has 0 radical (unpaired) electrons. The summed E-state index contributed by atoms with van der Waals surface area (Å²) in [6.07, 6.45) is -0.235. The Hall–Kier alpha value is -2.24. The lowest BCUT2D eigenvalue weighted by molar-refractivity contribution is 0.0526. The average Bonchev–Trinajstić information content (AvgIpc) is 2.60. The molecule has 1 aliphatic rings. The molecule has 24 heavy (non-hydrogen) atoms. The summed E-state index contributed by atoms with van der Waals surface area (Å²) in [6.45, 7) is 9.41. The molecule has 0 bridgehead atoms. The predicted molar refractivity (Wildman–Crippen MR) is 92.4 cm³/mol. The van der Waals surface area contributed by atoms with E-state index in [0.29, 0.717) is 37.8 Å². The van der Waals surface area contributed by atoms with Crippen LogP contribution in [0.5, 0.6) is 0 Å². The Morgan fingerprint density at radius 2 is 1.67 bits per heavy atom. The molecular formula is C18H26N2O4. The maximum atomic E-state index is 12.0. The van der Waals surface area contributed by atoms with Crippen LogP contribution in [-0.2, 0) is 9.47 Å². The fourth-order valence-electron chi connectivity index (χ4n) is 2.50. The van der Waals surface area contributed by atoms with Crippen LogP contribution < -0.4 is 4.90 Å². The zero-order valence-electron chi connectivity index (χ0n) is 14.7. The van der Waals surface area contributed by atoms with E-state index in [1.54, 1.807) is 24.0 Å². The minimum atomic E-state index is -0.304. The Morgan fingerprint density at radius 3 is 2.21 bits per heavy atom. The molecule has 132 valence electrons. The lowest BCUT2D eigenvalue weighted by atomic mass is 10.2. The van der Waals surface area contributed by atoms with Crippen molar-refractivity contribution in [1.29, 1.82) is 0 Å². The van der Waals surface area contributed by atoms with E-state index in [2.05, 4.69) is 4.90 Å². The summed E-state index contributed by atoms with van der Waals surface area (Å²) in [7, 11) is 0.